The van der Waals surface area contributed by atoms with Crippen LogP contribution in [-0.2, 0) is 16.0 Å². The zero-order chi connectivity index (χ0) is 19.4. The third-order valence-electron chi connectivity index (χ3n) is 4.17. The van der Waals surface area contributed by atoms with Crippen molar-refractivity contribution in [1.82, 2.24) is 5.32 Å². The Hall–Kier alpha value is -3.03. The molecule has 0 saturated carbocycles. The fourth-order valence-corrected chi connectivity index (χ4v) is 2.66. The third-order valence-corrected chi connectivity index (χ3v) is 4.17. The summed E-state index contributed by atoms with van der Waals surface area (Å²) in [5.41, 5.74) is 0.394. The van der Waals surface area contributed by atoms with Crippen LogP contribution in [0.1, 0.15) is 24.5 Å². The number of rotatable bonds is 7. The molecule has 1 aromatic heterocycles. The first-order valence-electron chi connectivity index (χ1n) is 8.02. The summed E-state index contributed by atoms with van der Waals surface area (Å²) in [4.78, 5) is 35.5. The molecule has 0 radical (unpaired) electrons. The molecule has 8 nitrogen and oxygen atoms in total. The predicted molar refractivity (Wildman–Crippen MR) is 93.9 cm³/mol. The molecular weight excluding hydrogens is 342 g/mol. The van der Waals surface area contributed by atoms with Gasteiger partial charge in [-0.2, -0.15) is 0 Å². The highest BCUT2D eigenvalue weighted by Crippen LogP contribution is 2.33. The van der Waals surface area contributed by atoms with Gasteiger partial charge in [-0.25, -0.2) is 9.59 Å². The molecule has 8 heteroatoms. The van der Waals surface area contributed by atoms with Crippen LogP contribution in [0.2, 0.25) is 0 Å². The smallest absolute Gasteiger partial charge is 0.340 e. The molecule has 0 spiro atoms. The molecule has 0 unspecified atom stereocenters. The molecule has 2 N–H and O–H groups in total. The number of carboxylic acids is 1. The van der Waals surface area contributed by atoms with Gasteiger partial charge in [0, 0.05) is 11.5 Å². The molecule has 1 amide bonds. The van der Waals surface area contributed by atoms with Gasteiger partial charge in [-0.05, 0) is 25.0 Å². The van der Waals surface area contributed by atoms with Crippen LogP contribution >= 0.6 is 0 Å². The minimum Gasteiger partial charge on any atom is -0.493 e. The number of hydrogen-bond donors (Lipinski definition) is 2. The van der Waals surface area contributed by atoms with Gasteiger partial charge in [-0.3, -0.25) is 4.79 Å². The maximum absolute atomic E-state index is 12.3. The van der Waals surface area contributed by atoms with Crippen molar-refractivity contribution in [3.63, 3.8) is 0 Å². The van der Waals surface area contributed by atoms with E-state index in [1.54, 1.807) is 26.0 Å². The Kier molecular flexibility index (Phi) is 5.86. The van der Waals surface area contributed by atoms with Crippen molar-refractivity contribution in [2.24, 2.45) is 0 Å². The Morgan fingerprint density at radius 1 is 1.23 bits per heavy atom. The molecule has 26 heavy (non-hydrogen) atoms. The molecule has 0 bridgehead atoms. The van der Waals surface area contributed by atoms with Crippen LogP contribution in [0.25, 0.3) is 11.0 Å². The number of ether oxygens (including phenoxy) is 2. The second-order valence-corrected chi connectivity index (χ2v) is 5.74. The summed E-state index contributed by atoms with van der Waals surface area (Å²) in [5, 5.41) is 12.0. The van der Waals surface area contributed by atoms with E-state index in [1.807, 2.05) is 0 Å². The Labute approximate surface area is 149 Å². The molecule has 0 aliphatic carbocycles. The predicted octanol–water partition coefficient (Wildman–Crippen LogP) is 1.64. The van der Waals surface area contributed by atoms with Crippen molar-refractivity contribution in [3.05, 3.63) is 33.7 Å². The van der Waals surface area contributed by atoms with Gasteiger partial charge >= 0.3 is 11.6 Å². The number of nitrogens with one attached hydrogen (secondary N) is 1. The minimum absolute atomic E-state index is 0.169. The first-order valence-corrected chi connectivity index (χ1v) is 8.02. The topological polar surface area (TPSA) is 115 Å². The SMILES string of the molecule is CC[C@H](NC(=O)Cc1c(C)c2cc(OC)c(OC)cc2oc1=O)C(=O)O. The average molecular weight is 363 g/mol. The molecule has 0 fully saturated rings. The standard InChI is InChI=1S/C18H21NO7/c1-5-12(17(21)22)19-16(20)7-11-9(2)10-6-14(24-3)15(25-4)8-13(10)26-18(11)23/h6,8,12H,5,7H2,1-4H3,(H,19,20)(H,21,22)/t12-/m0/s1. The molecule has 140 valence electrons. The second kappa shape index (κ2) is 7.90. The van der Waals surface area contributed by atoms with E-state index in [0.29, 0.717) is 28.0 Å². The first-order chi connectivity index (χ1) is 12.3. The highest BCUT2D eigenvalue weighted by atomic mass is 16.5. The summed E-state index contributed by atoms with van der Waals surface area (Å²) < 4.78 is 15.8. The fraction of sp³-hybridized carbons (Fsp3) is 0.389. The minimum atomic E-state index is -1.13. The van der Waals surface area contributed by atoms with E-state index in [2.05, 4.69) is 5.32 Å². The summed E-state index contributed by atoms with van der Waals surface area (Å²) >= 11 is 0. The lowest BCUT2D eigenvalue weighted by atomic mass is 10.0. The van der Waals surface area contributed by atoms with Crippen LogP contribution in [0, 0.1) is 6.92 Å². The van der Waals surface area contributed by atoms with E-state index in [9.17, 15) is 14.4 Å². The number of carboxylic acid groups (broad SMARTS) is 1. The number of carbonyl (C=O) groups excluding carboxylic acids is 1. The average Bonchev–Trinajstić information content (AvgIpc) is 2.61. The van der Waals surface area contributed by atoms with Gasteiger partial charge in [0.1, 0.15) is 11.6 Å². The van der Waals surface area contributed by atoms with Crippen molar-refractivity contribution < 1.29 is 28.6 Å². The molecule has 1 aromatic carbocycles. The van der Waals surface area contributed by atoms with Crippen molar-refractivity contribution in [2.45, 2.75) is 32.7 Å². The molecule has 2 aromatic rings. The first kappa shape index (κ1) is 19.3. The van der Waals surface area contributed by atoms with Crippen LogP contribution in [0.5, 0.6) is 11.5 Å². The van der Waals surface area contributed by atoms with Gasteiger partial charge in [-0.1, -0.05) is 6.92 Å². The zero-order valence-electron chi connectivity index (χ0n) is 15.0. The molecule has 1 heterocycles. The van der Waals surface area contributed by atoms with E-state index in [1.165, 1.54) is 14.2 Å². The highest BCUT2D eigenvalue weighted by Gasteiger charge is 2.21. The van der Waals surface area contributed by atoms with Gasteiger partial charge in [0.25, 0.3) is 0 Å². The number of benzene rings is 1. The maximum Gasteiger partial charge on any atom is 0.340 e. The van der Waals surface area contributed by atoms with E-state index in [0.717, 1.165) is 0 Å². The molecule has 2 rings (SSSR count). The van der Waals surface area contributed by atoms with Gasteiger partial charge in [0.2, 0.25) is 5.91 Å². The number of hydrogen-bond acceptors (Lipinski definition) is 6. The summed E-state index contributed by atoms with van der Waals surface area (Å²) in [6.07, 6.45) is -0.0361. The lowest BCUT2D eigenvalue weighted by molar-refractivity contribution is -0.141. The van der Waals surface area contributed by atoms with Crippen LogP contribution < -0.4 is 20.4 Å². The van der Waals surface area contributed by atoms with Crippen LogP contribution in [0.15, 0.2) is 21.3 Å². The lowest BCUT2D eigenvalue weighted by Crippen LogP contribution is -2.41. The Morgan fingerprint density at radius 2 is 1.85 bits per heavy atom. The molecule has 0 aliphatic heterocycles. The number of carbonyl (C=O) groups is 2. The van der Waals surface area contributed by atoms with Gasteiger partial charge < -0.3 is 24.3 Å². The molecule has 1 atom stereocenters. The monoisotopic (exact) mass is 363 g/mol. The number of methoxy groups -OCH3 is 2. The number of fused-ring (bicyclic) bond motifs is 1. The summed E-state index contributed by atoms with van der Waals surface area (Å²) in [6, 6.07) is 2.21. The zero-order valence-corrected chi connectivity index (χ0v) is 15.0. The van der Waals surface area contributed by atoms with Crippen LogP contribution in [0.4, 0.5) is 0 Å². The van der Waals surface area contributed by atoms with Gasteiger partial charge in [0.15, 0.2) is 11.5 Å². The third kappa shape index (κ3) is 3.79. The normalized spacial score (nSPS) is 11.8. The van der Waals surface area contributed by atoms with Gasteiger partial charge in [-0.15, -0.1) is 0 Å². The van der Waals surface area contributed by atoms with Crippen molar-refractivity contribution in [1.29, 1.82) is 0 Å². The quantitative estimate of drug-likeness (QED) is 0.719. The summed E-state index contributed by atoms with van der Waals surface area (Å²) in [5.74, 6) is -0.806. The number of amides is 1. The molecule has 0 saturated heterocycles. The second-order valence-electron chi connectivity index (χ2n) is 5.74. The Morgan fingerprint density at radius 3 is 2.38 bits per heavy atom. The van der Waals surface area contributed by atoms with Crippen LogP contribution in [0.3, 0.4) is 0 Å². The number of aryl methyl sites for hydroxylation is 1. The van der Waals surface area contributed by atoms with Crippen molar-refractivity contribution in [3.8, 4) is 11.5 Å². The van der Waals surface area contributed by atoms with Crippen molar-refractivity contribution in [2.75, 3.05) is 14.2 Å². The Bertz CT molecular complexity index is 901. The molecular formula is C18H21NO7. The summed E-state index contributed by atoms with van der Waals surface area (Å²) in [7, 11) is 2.96. The van der Waals surface area contributed by atoms with Crippen LogP contribution in [-0.4, -0.2) is 37.2 Å². The largest absolute Gasteiger partial charge is 0.493 e. The van der Waals surface area contributed by atoms with E-state index >= 15 is 0 Å². The lowest BCUT2D eigenvalue weighted by Gasteiger charge is -2.14. The highest BCUT2D eigenvalue weighted by molar-refractivity contribution is 5.88. The number of aliphatic carboxylic acids is 1. The summed E-state index contributed by atoms with van der Waals surface area (Å²) in [6.45, 7) is 3.34. The molecule has 0 aliphatic rings. The van der Waals surface area contributed by atoms with E-state index in [-0.39, 0.29) is 18.4 Å². The Balaban J connectivity index is 2.43. The van der Waals surface area contributed by atoms with Crippen molar-refractivity contribution >= 4 is 22.8 Å². The maximum atomic E-state index is 12.3. The van der Waals surface area contributed by atoms with E-state index in [4.69, 9.17) is 19.0 Å². The van der Waals surface area contributed by atoms with Gasteiger partial charge in [0.05, 0.1) is 26.2 Å². The van der Waals surface area contributed by atoms with E-state index < -0.39 is 23.5 Å². The fourth-order valence-electron chi connectivity index (χ4n) is 2.66.